The minimum atomic E-state index is -0.620. The quantitative estimate of drug-likeness (QED) is 0.857. The topological polar surface area (TPSA) is 71.1 Å². The van der Waals surface area contributed by atoms with Gasteiger partial charge in [-0.3, -0.25) is 9.59 Å². The van der Waals surface area contributed by atoms with Crippen LogP contribution in [0.2, 0.25) is 0 Å². The lowest BCUT2D eigenvalue weighted by Crippen LogP contribution is -2.47. The van der Waals surface area contributed by atoms with Crippen molar-refractivity contribution in [1.29, 1.82) is 0 Å². The van der Waals surface area contributed by atoms with Crippen LogP contribution in [0, 0.1) is 12.8 Å². The third kappa shape index (κ3) is 4.65. The molecule has 0 unspecified atom stereocenters. The Morgan fingerprint density at radius 3 is 2.50 bits per heavy atom. The highest BCUT2D eigenvalue weighted by molar-refractivity contribution is 6.01. The smallest absolute Gasteiger partial charge is 0.251 e. The number of carbonyl (C=O) groups is 2. The lowest BCUT2D eigenvalue weighted by Gasteiger charge is -2.23. The molecule has 1 heterocycles. The zero-order valence-electron chi connectivity index (χ0n) is 14.2. The first-order chi connectivity index (χ1) is 11.5. The molecule has 5 nitrogen and oxygen atoms in total. The zero-order valence-corrected chi connectivity index (χ0v) is 14.2. The Morgan fingerprint density at radius 2 is 1.88 bits per heavy atom. The number of nitrogens with one attached hydrogen (secondary N) is 2. The van der Waals surface area contributed by atoms with Gasteiger partial charge >= 0.3 is 0 Å². The Morgan fingerprint density at radius 1 is 1.17 bits per heavy atom. The highest BCUT2D eigenvalue weighted by Crippen LogP contribution is 2.13. The summed E-state index contributed by atoms with van der Waals surface area (Å²) in [6, 6.07) is 11.9. The maximum absolute atomic E-state index is 12.6. The second-order valence-corrected chi connectivity index (χ2v) is 5.91. The summed E-state index contributed by atoms with van der Waals surface area (Å²) in [6.07, 6.45) is 2.42. The Kier molecular flexibility index (Phi) is 6.07. The summed E-state index contributed by atoms with van der Waals surface area (Å²) in [6.45, 7) is 5.87. The summed E-state index contributed by atoms with van der Waals surface area (Å²) in [4.78, 5) is 29.1. The highest BCUT2D eigenvalue weighted by Gasteiger charge is 2.26. The molecule has 0 saturated heterocycles. The predicted molar refractivity (Wildman–Crippen MR) is 94.8 cm³/mol. The third-order valence-corrected chi connectivity index (χ3v) is 3.98. The molecular formula is C19H23N3O2. The molecule has 2 N–H and O–H groups in total. The third-order valence-electron chi connectivity index (χ3n) is 3.98. The summed E-state index contributed by atoms with van der Waals surface area (Å²) in [5.74, 6) is -0.0234. The summed E-state index contributed by atoms with van der Waals surface area (Å²) >= 11 is 0. The number of aryl methyl sites for hydroxylation is 1. The number of amides is 2. The van der Waals surface area contributed by atoms with Gasteiger partial charge in [0.2, 0.25) is 5.91 Å². The van der Waals surface area contributed by atoms with Crippen LogP contribution in [0.1, 0.15) is 36.2 Å². The van der Waals surface area contributed by atoms with E-state index in [0.29, 0.717) is 11.4 Å². The van der Waals surface area contributed by atoms with E-state index in [1.54, 1.807) is 36.5 Å². The van der Waals surface area contributed by atoms with Crippen LogP contribution in [0.15, 0.2) is 48.7 Å². The first-order valence-corrected chi connectivity index (χ1v) is 8.10. The van der Waals surface area contributed by atoms with Crippen LogP contribution < -0.4 is 10.6 Å². The SMILES string of the molecule is CC[C@@H](C)[C@@H](NC(=O)c1ccccc1)C(=O)Nc1cc(C)ccn1. The Labute approximate surface area is 142 Å². The number of benzene rings is 1. The predicted octanol–water partition coefficient (Wildman–Crippen LogP) is 3.17. The van der Waals surface area contributed by atoms with Crippen molar-refractivity contribution in [2.75, 3.05) is 5.32 Å². The molecule has 1 aromatic carbocycles. The van der Waals surface area contributed by atoms with Crippen molar-refractivity contribution in [3.05, 3.63) is 59.8 Å². The minimum absolute atomic E-state index is 0.00229. The lowest BCUT2D eigenvalue weighted by atomic mass is 9.98. The molecule has 0 aliphatic heterocycles. The Bertz CT molecular complexity index is 701. The Hall–Kier alpha value is -2.69. The average Bonchev–Trinajstić information content (AvgIpc) is 2.59. The summed E-state index contributed by atoms with van der Waals surface area (Å²) in [7, 11) is 0. The standard InChI is InChI=1S/C19H23N3O2/c1-4-14(3)17(22-18(23)15-8-6-5-7-9-15)19(24)21-16-12-13(2)10-11-20-16/h5-12,14,17H,4H2,1-3H3,(H,22,23)(H,20,21,24)/t14-,17-/m1/s1. The van der Waals surface area contributed by atoms with E-state index in [-0.39, 0.29) is 17.7 Å². The molecule has 126 valence electrons. The van der Waals surface area contributed by atoms with E-state index in [1.807, 2.05) is 32.9 Å². The Balaban J connectivity index is 2.12. The number of rotatable bonds is 6. The van der Waals surface area contributed by atoms with Crippen LogP contribution in [-0.4, -0.2) is 22.8 Å². The van der Waals surface area contributed by atoms with Crippen LogP contribution >= 0.6 is 0 Å². The van der Waals surface area contributed by atoms with Crippen LogP contribution in [0.3, 0.4) is 0 Å². The summed E-state index contributed by atoms with van der Waals surface area (Å²) < 4.78 is 0. The number of pyridine rings is 1. The number of hydrogen-bond acceptors (Lipinski definition) is 3. The second-order valence-electron chi connectivity index (χ2n) is 5.91. The molecule has 0 aliphatic carbocycles. The van der Waals surface area contributed by atoms with Crippen molar-refractivity contribution in [2.24, 2.45) is 5.92 Å². The van der Waals surface area contributed by atoms with Crippen molar-refractivity contribution < 1.29 is 9.59 Å². The molecule has 2 rings (SSSR count). The van der Waals surface area contributed by atoms with E-state index in [0.717, 1.165) is 12.0 Å². The van der Waals surface area contributed by atoms with Gasteiger partial charge in [-0.15, -0.1) is 0 Å². The first kappa shape index (κ1) is 17.7. The van der Waals surface area contributed by atoms with Gasteiger partial charge in [0.1, 0.15) is 11.9 Å². The van der Waals surface area contributed by atoms with Crippen LogP contribution in [0.4, 0.5) is 5.82 Å². The first-order valence-electron chi connectivity index (χ1n) is 8.10. The fourth-order valence-electron chi connectivity index (χ4n) is 2.32. The minimum Gasteiger partial charge on any atom is -0.340 e. The number of carbonyl (C=O) groups excluding carboxylic acids is 2. The fourth-order valence-corrected chi connectivity index (χ4v) is 2.32. The number of hydrogen-bond donors (Lipinski definition) is 2. The molecule has 0 fully saturated rings. The normalized spacial score (nSPS) is 13.0. The monoisotopic (exact) mass is 325 g/mol. The van der Waals surface area contributed by atoms with E-state index >= 15 is 0 Å². The van der Waals surface area contributed by atoms with Gasteiger partial charge in [0.15, 0.2) is 0 Å². The van der Waals surface area contributed by atoms with Gasteiger partial charge in [-0.2, -0.15) is 0 Å². The zero-order chi connectivity index (χ0) is 17.5. The molecule has 2 atom stereocenters. The maximum atomic E-state index is 12.6. The van der Waals surface area contributed by atoms with Gasteiger partial charge in [0.25, 0.3) is 5.91 Å². The van der Waals surface area contributed by atoms with Crippen molar-refractivity contribution in [3.63, 3.8) is 0 Å². The van der Waals surface area contributed by atoms with Gasteiger partial charge in [-0.25, -0.2) is 4.98 Å². The highest BCUT2D eigenvalue weighted by atomic mass is 16.2. The molecule has 2 amide bonds. The van der Waals surface area contributed by atoms with Crippen LogP contribution in [-0.2, 0) is 4.79 Å². The summed E-state index contributed by atoms with van der Waals surface area (Å²) in [5.41, 5.74) is 1.54. The molecule has 0 aliphatic rings. The van der Waals surface area contributed by atoms with Gasteiger partial charge in [0, 0.05) is 11.8 Å². The van der Waals surface area contributed by atoms with Gasteiger partial charge < -0.3 is 10.6 Å². The van der Waals surface area contributed by atoms with Crippen molar-refractivity contribution in [2.45, 2.75) is 33.2 Å². The molecule has 0 bridgehead atoms. The summed E-state index contributed by atoms with van der Waals surface area (Å²) in [5, 5.41) is 5.63. The second kappa shape index (κ2) is 8.24. The molecular weight excluding hydrogens is 302 g/mol. The number of nitrogens with zero attached hydrogens (tertiary/aromatic N) is 1. The molecule has 0 spiro atoms. The van der Waals surface area contributed by atoms with E-state index < -0.39 is 6.04 Å². The van der Waals surface area contributed by atoms with E-state index in [9.17, 15) is 9.59 Å². The lowest BCUT2D eigenvalue weighted by molar-refractivity contribution is -0.119. The molecule has 24 heavy (non-hydrogen) atoms. The largest absolute Gasteiger partial charge is 0.340 e. The molecule has 0 saturated carbocycles. The molecule has 5 heteroatoms. The number of anilines is 1. The fraction of sp³-hybridized carbons (Fsp3) is 0.316. The molecule has 2 aromatic rings. The van der Waals surface area contributed by atoms with Crippen molar-refractivity contribution in [3.8, 4) is 0 Å². The van der Waals surface area contributed by atoms with Gasteiger partial charge in [-0.1, -0.05) is 38.5 Å². The number of aromatic nitrogens is 1. The maximum Gasteiger partial charge on any atom is 0.251 e. The van der Waals surface area contributed by atoms with Gasteiger partial charge in [0.05, 0.1) is 0 Å². The molecule has 0 radical (unpaired) electrons. The van der Waals surface area contributed by atoms with Gasteiger partial charge in [-0.05, 0) is 42.7 Å². The molecule has 1 aromatic heterocycles. The van der Waals surface area contributed by atoms with E-state index in [1.165, 1.54) is 0 Å². The van der Waals surface area contributed by atoms with Crippen LogP contribution in [0.5, 0.6) is 0 Å². The van der Waals surface area contributed by atoms with Crippen molar-refractivity contribution in [1.82, 2.24) is 10.3 Å². The van der Waals surface area contributed by atoms with E-state index in [4.69, 9.17) is 0 Å². The van der Waals surface area contributed by atoms with Crippen LogP contribution in [0.25, 0.3) is 0 Å². The van der Waals surface area contributed by atoms with E-state index in [2.05, 4.69) is 15.6 Å². The van der Waals surface area contributed by atoms with Crippen molar-refractivity contribution >= 4 is 17.6 Å². The average molecular weight is 325 g/mol.